The maximum absolute atomic E-state index is 12.9. The van der Waals surface area contributed by atoms with E-state index < -0.39 is 30.2 Å². The Balaban J connectivity index is 1.84. The van der Waals surface area contributed by atoms with Crippen molar-refractivity contribution in [3.05, 3.63) is 24.3 Å². The molecule has 5 N–H and O–H groups in total. The van der Waals surface area contributed by atoms with Gasteiger partial charge in [-0.2, -0.15) is 0 Å². The van der Waals surface area contributed by atoms with E-state index in [9.17, 15) is 19.8 Å². The van der Waals surface area contributed by atoms with Crippen molar-refractivity contribution in [1.29, 1.82) is 0 Å². The van der Waals surface area contributed by atoms with Gasteiger partial charge in [-0.05, 0) is 43.1 Å². The van der Waals surface area contributed by atoms with Crippen molar-refractivity contribution >= 4 is 46.6 Å². The van der Waals surface area contributed by atoms with Crippen LogP contribution in [0.2, 0.25) is 0 Å². The first-order chi connectivity index (χ1) is 13.8. The van der Waals surface area contributed by atoms with E-state index in [-0.39, 0.29) is 24.8 Å². The van der Waals surface area contributed by atoms with Gasteiger partial charge in [0.05, 0.1) is 24.1 Å². The van der Waals surface area contributed by atoms with Gasteiger partial charge < -0.3 is 31.1 Å². The molecule has 0 radical (unpaired) electrons. The third-order valence-electron chi connectivity index (χ3n) is 5.31. The number of nitrogens with one attached hydrogen (secondary N) is 3. The Kier molecular flexibility index (Phi) is 6.99. The highest BCUT2D eigenvalue weighted by molar-refractivity contribution is 7.98. The number of amides is 2. The van der Waals surface area contributed by atoms with E-state index in [0.717, 1.165) is 10.6 Å². The van der Waals surface area contributed by atoms with Gasteiger partial charge in [0.25, 0.3) is 0 Å². The molecule has 2 fully saturated rings. The Morgan fingerprint density at radius 3 is 2.72 bits per heavy atom. The first kappa shape index (κ1) is 21.8. The summed E-state index contributed by atoms with van der Waals surface area (Å²) in [5, 5.41) is 29.8. The van der Waals surface area contributed by atoms with Crippen molar-refractivity contribution in [2.75, 3.05) is 24.2 Å². The number of carbonyl (C=O) groups excluding carboxylic acids is 2. The lowest BCUT2D eigenvalue weighted by molar-refractivity contribution is -0.131. The Morgan fingerprint density at radius 2 is 2.03 bits per heavy atom. The molecule has 1 aromatic carbocycles. The summed E-state index contributed by atoms with van der Waals surface area (Å²) < 4.78 is 0. The summed E-state index contributed by atoms with van der Waals surface area (Å²) in [5.41, 5.74) is 0.835. The highest BCUT2D eigenvalue weighted by Gasteiger charge is 2.53. The van der Waals surface area contributed by atoms with E-state index >= 15 is 0 Å². The molecule has 8 nitrogen and oxygen atoms in total. The fourth-order valence-corrected chi connectivity index (χ4v) is 4.77. The molecule has 2 amide bonds. The van der Waals surface area contributed by atoms with Gasteiger partial charge in [-0.3, -0.25) is 9.59 Å². The van der Waals surface area contributed by atoms with Gasteiger partial charge in [-0.1, -0.05) is 6.07 Å². The summed E-state index contributed by atoms with van der Waals surface area (Å²) >= 11 is 7.12. The average Bonchev–Trinajstić information content (AvgIpc) is 3.05. The number of fused-ring (bicyclic) bond motifs is 1. The third kappa shape index (κ3) is 4.66. The Morgan fingerprint density at radius 1 is 1.31 bits per heavy atom. The zero-order valence-corrected chi connectivity index (χ0v) is 17.9. The van der Waals surface area contributed by atoms with Gasteiger partial charge in [0, 0.05) is 30.6 Å². The molecule has 1 heterocycles. The van der Waals surface area contributed by atoms with Crippen molar-refractivity contribution in [1.82, 2.24) is 16.0 Å². The van der Waals surface area contributed by atoms with E-state index in [1.165, 1.54) is 6.92 Å². The number of carbonyl (C=O) groups is 2. The standard InChI is InChI=1S/C19H26N4O4S2/c1-10(24)20-6-7-21-18(27)13-9-14(25)17(26)15-16(13)23(19(28)22-15)11-4-3-5-12(8-11)29-2/h3-5,8,13-17,25-26H,6-7,9H2,1-2H3,(H,20,24)(H,21,27)(H,22,28)/t13-,14-,15-,16-,17+/m1/s1. The molecule has 10 heteroatoms. The van der Waals surface area contributed by atoms with Crippen molar-refractivity contribution in [2.24, 2.45) is 5.92 Å². The van der Waals surface area contributed by atoms with Crippen molar-refractivity contribution in [3.8, 4) is 0 Å². The molecule has 3 rings (SSSR count). The average molecular weight is 439 g/mol. The maximum atomic E-state index is 12.9. The molecule has 1 saturated heterocycles. The minimum Gasteiger partial charge on any atom is -0.390 e. The number of hydrogen-bond donors (Lipinski definition) is 5. The number of aliphatic hydroxyl groups excluding tert-OH is 2. The molecular weight excluding hydrogens is 412 g/mol. The highest BCUT2D eigenvalue weighted by atomic mass is 32.2. The van der Waals surface area contributed by atoms with E-state index in [0.29, 0.717) is 11.7 Å². The second-order valence-electron chi connectivity index (χ2n) is 7.21. The third-order valence-corrected chi connectivity index (χ3v) is 6.35. The van der Waals surface area contributed by atoms with Gasteiger partial charge >= 0.3 is 0 Å². The molecule has 1 aromatic rings. The Labute approximate surface area is 179 Å². The van der Waals surface area contributed by atoms with Gasteiger partial charge in [0.2, 0.25) is 11.8 Å². The summed E-state index contributed by atoms with van der Waals surface area (Å²) in [6, 6.07) is 6.83. The summed E-state index contributed by atoms with van der Waals surface area (Å²) in [6.45, 7) is 2.02. The molecule has 29 heavy (non-hydrogen) atoms. The summed E-state index contributed by atoms with van der Waals surface area (Å²) in [7, 11) is 0. The molecule has 0 spiro atoms. The number of nitrogens with zero attached hydrogens (tertiary/aromatic N) is 1. The number of hydrogen-bond acceptors (Lipinski definition) is 6. The summed E-state index contributed by atoms with van der Waals surface area (Å²) in [4.78, 5) is 26.8. The van der Waals surface area contributed by atoms with Crippen LogP contribution in [0.15, 0.2) is 29.2 Å². The number of thiocarbonyl (C=S) groups is 1. The first-order valence-corrected chi connectivity index (χ1v) is 11.1. The summed E-state index contributed by atoms with van der Waals surface area (Å²) in [5.74, 6) is -0.990. The lowest BCUT2D eigenvalue weighted by Gasteiger charge is -2.41. The molecule has 1 saturated carbocycles. The van der Waals surface area contributed by atoms with Crippen LogP contribution in [-0.4, -0.2) is 70.8 Å². The van der Waals surface area contributed by atoms with Crippen LogP contribution >= 0.6 is 24.0 Å². The van der Waals surface area contributed by atoms with Gasteiger partial charge in [0.1, 0.15) is 6.10 Å². The topological polar surface area (TPSA) is 114 Å². The number of anilines is 1. The Bertz CT molecular complexity index is 793. The molecule has 5 atom stereocenters. The van der Waals surface area contributed by atoms with Crippen LogP contribution in [0.3, 0.4) is 0 Å². The predicted octanol–water partition coefficient (Wildman–Crippen LogP) is -0.166. The molecule has 0 aromatic heterocycles. The monoisotopic (exact) mass is 438 g/mol. The number of rotatable bonds is 6. The zero-order chi connectivity index (χ0) is 21.1. The number of aliphatic hydroxyl groups is 2. The fraction of sp³-hybridized carbons (Fsp3) is 0.526. The van der Waals surface area contributed by atoms with Crippen LogP contribution in [0.1, 0.15) is 13.3 Å². The van der Waals surface area contributed by atoms with Crippen LogP contribution in [0.25, 0.3) is 0 Å². The molecule has 2 aliphatic rings. The van der Waals surface area contributed by atoms with Gasteiger partial charge in [-0.25, -0.2) is 0 Å². The van der Waals surface area contributed by atoms with E-state index in [1.54, 1.807) is 11.8 Å². The highest BCUT2D eigenvalue weighted by Crippen LogP contribution is 2.37. The van der Waals surface area contributed by atoms with Gasteiger partial charge in [-0.15, -0.1) is 11.8 Å². The molecule has 0 unspecified atom stereocenters. The molecule has 0 bridgehead atoms. The second kappa shape index (κ2) is 9.29. The van der Waals surface area contributed by atoms with Crippen molar-refractivity contribution < 1.29 is 19.8 Å². The SMILES string of the molecule is CSc1cccc(N2C(=S)N[C@H]3[C@@H](O)[C@H](O)C[C@@H](C(=O)NCCNC(C)=O)[C@H]32)c1. The molecule has 158 valence electrons. The lowest BCUT2D eigenvalue weighted by atomic mass is 9.77. The molecular formula is C19H26N4O4S2. The van der Waals surface area contributed by atoms with Crippen LogP contribution < -0.4 is 20.9 Å². The van der Waals surface area contributed by atoms with Crippen LogP contribution in [-0.2, 0) is 9.59 Å². The van der Waals surface area contributed by atoms with Crippen molar-refractivity contribution in [3.63, 3.8) is 0 Å². The van der Waals surface area contributed by atoms with E-state index in [1.807, 2.05) is 35.4 Å². The minimum absolute atomic E-state index is 0.122. The predicted molar refractivity (Wildman–Crippen MR) is 116 cm³/mol. The van der Waals surface area contributed by atoms with Crippen molar-refractivity contribution in [2.45, 2.75) is 42.5 Å². The van der Waals surface area contributed by atoms with Crippen LogP contribution in [0, 0.1) is 5.92 Å². The zero-order valence-electron chi connectivity index (χ0n) is 16.3. The summed E-state index contributed by atoms with van der Waals surface area (Å²) in [6.07, 6.45) is 0.0384. The molecule has 1 aliphatic carbocycles. The smallest absolute Gasteiger partial charge is 0.225 e. The quantitative estimate of drug-likeness (QED) is 0.236. The Hall–Kier alpha value is -1.88. The first-order valence-electron chi connectivity index (χ1n) is 9.45. The van der Waals surface area contributed by atoms with E-state index in [4.69, 9.17) is 12.2 Å². The van der Waals surface area contributed by atoms with Gasteiger partial charge in [0.15, 0.2) is 5.11 Å². The van der Waals surface area contributed by atoms with Crippen LogP contribution in [0.5, 0.6) is 0 Å². The van der Waals surface area contributed by atoms with E-state index in [2.05, 4.69) is 16.0 Å². The number of benzene rings is 1. The minimum atomic E-state index is -1.03. The molecule has 1 aliphatic heterocycles. The second-order valence-corrected chi connectivity index (χ2v) is 8.48. The number of thioether (sulfide) groups is 1. The lowest BCUT2D eigenvalue weighted by Crippen LogP contribution is -2.61. The largest absolute Gasteiger partial charge is 0.390 e. The fourth-order valence-electron chi connectivity index (χ4n) is 3.96. The van der Waals surface area contributed by atoms with Crippen LogP contribution in [0.4, 0.5) is 5.69 Å². The maximum Gasteiger partial charge on any atom is 0.225 e. The normalized spacial score (nSPS) is 28.5.